The smallest absolute Gasteiger partial charge is 0.271 e. The Morgan fingerprint density at radius 1 is 1.27 bits per heavy atom. The number of aromatic amines is 1. The van der Waals surface area contributed by atoms with E-state index in [1.807, 2.05) is 38.1 Å². The lowest BCUT2D eigenvalue weighted by Crippen LogP contribution is -2.05. The number of aromatic nitrogens is 2. The third kappa shape index (κ3) is 2.76. The van der Waals surface area contributed by atoms with Gasteiger partial charge in [-0.15, -0.1) is 0 Å². The highest BCUT2D eigenvalue weighted by molar-refractivity contribution is 5.77. The van der Waals surface area contributed by atoms with Gasteiger partial charge in [0.1, 0.15) is 11.6 Å². The number of benzene rings is 2. The summed E-state index contributed by atoms with van der Waals surface area (Å²) in [4.78, 5) is 17.9. The number of imidazole rings is 1. The summed E-state index contributed by atoms with van der Waals surface area (Å²) >= 11 is 0. The summed E-state index contributed by atoms with van der Waals surface area (Å²) in [5.74, 6) is 1.40. The molecular formula is C16H15N3O3. The Bertz CT molecular complexity index is 842. The largest absolute Gasteiger partial charge is 0.483 e. The van der Waals surface area contributed by atoms with Crippen LogP contribution >= 0.6 is 0 Å². The first kappa shape index (κ1) is 14.1. The fourth-order valence-corrected chi connectivity index (χ4v) is 2.27. The number of rotatable bonds is 4. The third-order valence-corrected chi connectivity index (χ3v) is 3.38. The summed E-state index contributed by atoms with van der Waals surface area (Å²) in [5, 5.41) is 10.8. The van der Waals surface area contributed by atoms with Crippen molar-refractivity contribution in [1.29, 1.82) is 0 Å². The first-order chi connectivity index (χ1) is 10.5. The minimum atomic E-state index is -0.424. The van der Waals surface area contributed by atoms with Crippen LogP contribution in [0.25, 0.3) is 11.0 Å². The lowest BCUT2D eigenvalue weighted by atomic mass is 10.2. The van der Waals surface area contributed by atoms with Gasteiger partial charge in [-0.3, -0.25) is 10.1 Å². The highest BCUT2D eigenvalue weighted by Gasteiger charge is 2.15. The molecule has 3 aromatic rings. The highest BCUT2D eigenvalue weighted by Crippen LogP contribution is 2.24. The quantitative estimate of drug-likeness (QED) is 0.584. The molecule has 0 bridgehead atoms. The van der Waals surface area contributed by atoms with Gasteiger partial charge in [-0.1, -0.05) is 12.1 Å². The summed E-state index contributed by atoms with van der Waals surface area (Å²) in [6.45, 7) is 3.88. The van der Waals surface area contributed by atoms with Crippen molar-refractivity contribution in [2.24, 2.45) is 0 Å². The Labute approximate surface area is 126 Å². The topological polar surface area (TPSA) is 81.1 Å². The molecule has 6 nitrogen and oxygen atoms in total. The average Bonchev–Trinajstić information content (AvgIpc) is 2.90. The Hall–Kier alpha value is -2.89. The first-order valence-electron chi connectivity index (χ1n) is 6.90. The van der Waals surface area contributed by atoms with Crippen molar-refractivity contribution in [3.8, 4) is 5.75 Å². The van der Waals surface area contributed by atoms with Gasteiger partial charge in [0.05, 0.1) is 16.0 Å². The fraction of sp³-hybridized carbons (Fsp3) is 0.188. The summed E-state index contributed by atoms with van der Waals surface area (Å²) in [6.07, 6.45) is -0.284. The van der Waals surface area contributed by atoms with E-state index in [0.717, 1.165) is 11.3 Å². The lowest BCUT2D eigenvalue weighted by Gasteiger charge is -2.12. The molecule has 0 unspecified atom stereocenters. The molecule has 2 aromatic carbocycles. The van der Waals surface area contributed by atoms with E-state index in [1.54, 1.807) is 6.07 Å². The highest BCUT2D eigenvalue weighted by atomic mass is 16.6. The molecule has 0 saturated heterocycles. The van der Waals surface area contributed by atoms with Gasteiger partial charge < -0.3 is 9.72 Å². The standard InChI is InChI=1S/C16H15N3O3/c1-10-4-3-5-13(8-10)22-11(2)16-17-14-7-6-12(19(20)21)9-15(14)18-16/h3-9,11H,1-2H3,(H,17,18)/t11-/m1/s1. The van der Waals surface area contributed by atoms with Crippen LogP contribution in [0.1, 0.15) is 24.4 Å². The van der Waals surface area contributed by atoms with Crippen LogP contribution in [0.3, 0.4) is 0 Å². The van der Waals surface area contributed by atoms with Crippen LogP contribution < -0.4 is 4.74 Å². The number of nitro groups is 1. The summed E-state index contributed by atoms with van der Waals surface area (Å²) in [5.41, 5.74) is 2.46. The number of nitrogens with zero attached hydrogens (tertiary/aromatic N) is 2. The SMILES string of the molecule is Cc1cccc(O[C@H](C)c2nc3ccc([N+](=O)[O-])cc3[nH]2)c1. The van der Waals surface area contributed by atoms with Gasteiger partial charge in [0.15, 0.2) is 6.10 Å². The summed E-state index contributed by atoms with van der Waals surface area (Å²) in [7, 11) is 0. The minimum absolute atomic E-state index is 0.0370. The summed E-state index contributed by atoms with van der Waals surface area (Å²) < 4.78 is 5.86. The zero-order chi connectivity index (χ0) is 15.7. The molecule has 112 valence electrons. The number of ether oxygens (including phenoxy) is 1. The zero-order valence-corrected chi connectivity index (χ0v) is 12.2. The molecule has 1 N–H and O–H groups in total. The minimum Gasteiger partial charge on any atom is -0.483 e. The van der Waals surface area contributed by atoms with Crippen molar-refractivity contribution in [2.75, 3.05) is 0 Å². The number of nitro benzene ring substituents is 1. The van der Waals surface area contributed by atoms with E-state index in [1.165, 1.54) is 12.1 Å². The van der Waals surface area contributed by atoms with Gasteiger partial charge in [-0.2, -0.15) is 0 Å². The van der Waals surface area contributed by atoms with Crippen LogP contribution in [-0.2, 0) is 0 Å². The van der Waals surface area contributed by atoms with Gasteiger partial charge in [-0.25, -0.2) is 4.98 Å². The molecule has 6 heteroatoms. The maximum absolute atomic E-state index is 10.8. The second-order valence-electron chi connectivity index (χ2n) is 5.16. The van der Waals surface area contributed by atoms with Crippen molar-refractivity contribution in [3.05, 3.63) is 64.0 Å². The van der Waals surface area contributed by atoms with Crippen molar-refractivity contribution >= 4 is 16.7 Å². The van der Waals surface area contributed by atoms with E-state index in [-0.39, 0.29) is 11.8 Å². The Morgan fingerprint density at radius 3 is 2.82 bits per heavy atom. The van der Waals surface area contributed by atoms with Gasteiger partial charge in [0.2, 0.25) is 0 Å². The van der Waals surface area contributed by atoms with E-state index in [4.69, 9.17) is 4.74 Å². The molecule has 3 rings (SSSR count). The second kappa shape index (κ2) is 5.48. The maximum Gasteiger partial charge on any atom is 0.271 e. The van der Waals surface area contributed by atoms with E-state index in [9.17, 15) is 10.1 Å². The molecule has 0 aliphatic heterocycles. The second-order valence-corrected chi connectivity index (χ2v) is 5.16. The molecule has 22 heavy (non-hydrogen) atoms. The number of hydrogen-bond donors (Lipinski definition) is 1. The number of aryl methyl sites for hydroxylation is 1. The van der Waals surface area contributed by atoms with Crippen molar-refractivity contribution in [2.45, 2.75) is 20.0 Å². The number of nitrogens with one attached hydrogen (secondary N) is 1. The normalized spacial score (nSPS) is 12.3. The monoisotopic (exact) mass is 297 g/mol. The maximum atomic E-state index is 10.8. The van der Waals surface area contributed by atoms with Gasteiger partial charge in [0, 0.05) is 12.1 Å². The first-order valence-corrected chi connectivity index (χ1v) is 6.90. The predicted molar refractivity (Wildman–Crippen MR) is 83.0 cm³/mol. The van der Waals surface area contributed by atoms with E-state index in [0.29, 0.717) is 16.9 Å². The van der Waals surface area contributed by atoms with Crippen LogP contribution in [0.4, 0.5) is 5.69 Å². The molecule has 1 heterocycles. The summed E-state index contributed by atoms with van der Waals surface area (Å²) in [6, 6.07) is 12.3. The molecule has 1 atom stereocenters. The lowest BCUT2D eigenvalue weighted by molar-refractivity contribution is -0.384. The number of H-pyrrole nitrogens is 1. The number of fused-ring (bicyclic) bond motifs is 1. The molecule has 0 fully saturated rings. The molecular weight excluding hydrogens is 282 g/mol. The third-order valence-electron chi connectivity index (χ3n) is 3.38. The Morgan fingerprint density at radius 2 is 2.09 bits per heavy atom. The van der Waals surface area contributed by atoms with Crippen LogP contribution in [0, 0.1) is 17.0 Å². The zero-order valence-electron chi connectivity index (χ0n) is 12.2. The average molecular weight is 297 g/mol. The predicted octanol–water partition coefficient (Wildman–Crippen LogP) is 3.92. The molecule has 0 aliphatic carbocycles. The van der Waals surface area contributed by atoms with Crippen molar-refractivity contribution in [1.82, 2.24) is 9.97 Å². The van der Waals surface area contributed by atoms with Crippen LogP contribution in [0.5, 0.6) is 5.75 Å². The fourth-order valence-electron chi connectivity index (χ4n) is 2.27. The van der Waals surface area contributed by atoms with Crippen LogP contribution in [0.15, 0.2) is 42.5 Å². The molecule has 0 saturated carbocycles. The Kier molecular flexibility index (Phi) is 3.50. The van der Waals surface area contributed by atoms with Gasteiger partial charge in [-0.05, 0) is 37.6 Å². The van der Waals surface area contributed by atoms with Gasteiger partial charge in [0.25, 0.3) is 5.69 Å². The van der Waals surface area contributed by atoms with Crippen LogP contribution in [-0.4, -0.2) is 14.9 Å². The molecule has 0 spiro atoms. The van der Waals surface area contributed by atoms with Crippen molar-refractivity contribution in [3.63, 3.8) is 0 Å². The number of hydrogen-bond acceptors (Lipinski definition) is 4. The van der Waals surface area contributed by atoms with E-state index < -0.39 is 4.92 Å². The molecule has 1 aromatic heterocycles. The molecule has 0 aliphatic rings. The van der Waals surface area contributed by atoms with Crippen molar-refractivity contribution < 1.29 is 9.66 Å². The van der Waals surface area contributed by atoms with Crippen LogP contribution in [0.2, 0.25) is 0 Å². The number of non-ortho nitro benzene ring substituents is 1. The van der Waals surface area contributed by atoms with E-state index in [2.05, 4.69) is 9.97 Å². The van der Waals surface area contributed by atoms with Gasteiger partial charge >= 0.3 is 0 Å². The van der Waals surface area contributed by atoms with E-state index >= 15 is 0 Å². The Balaban J connectivity index is 1.87. The molecule has 0 amide bonds. The molecule has 0 radical (unpaired) electrons.